The van der Waals surface area contributed by atoms with Gasteiger partial charge in [-0.1, -0.05) is 11.8 Å². The van der Waals surface area contributed by atoms with Crippen LogP contribution >= 0.6 is 11.8 Å². The molecular weight excluding hydrogens is 232 g/mol. The van der Waals surface area contributed by atoms with Crippen LogP contribution in [0.5, 0.6) is 0 Å². The van der Waals surface area contributed by atoms with Gasteiger partial charge in [0.1, 0.15) is 5.76 Å². The van der Waals surface area contributed by atoms with Crippen molar-refractivity contribution in [3.05, 3.63) is 47.5 Å². The number of furan rings is 1. The van der Waals surface area contributed by atoms with Crippen molar-refractivity contribution in [2.75, 3.05) is 6.54 Å². The zero-order chi connectivity index (χ0) is 12.3. The molecule has 0 saturated carbocycles. The van der Waals surface area contributed by atoms with E-state index in [1.807, 2.05) is 19.1 Å². The van der Waals surface area contributed by atoms with E-state index in [1.165, 1.54) is 5.56 Å². The summed E-state index contributed by atoms with van der Waals surface area (Å²) in [4.78, 5) is 4.50. The summed E-state index contributed by atoms with van der Waals surface area (Å²) in [6.45, 7) is 4.61. The Morgan fingerprint density at radius 1 is 1.41 bits per heavy atom. The number of thioether (sulfide) groups is 1. The SMILES string of the molecule is Cc1cc(C)nc(SC(CN)c2ccco2)c1. The molecule has 1 atom stereocenters. The number of hydrogen-bond donors (Lipinski definition) is 1. The van der Waals surface area contributed by atoms with Gasteiger partial charge in [-0.15, -0.1) is 0 Å². The lowest BCUT2D eigenvalue weighted by atomic mass is 10.3. The fourth-order valence-corrected chi connectivity index (χ4v) is 2.80. The molecule has 3 nitrogen and oxygen atoms in total. The summed E-state index contributed by atoms with van der Waals surface area (Å²) in [5.41, 5.74) is 8.03. The first kappa shape index (κ1) is 12.2. The van der Waals surface area contributed by atoms with Crippen LogP contribution in [0.15, 0.2) is 40.0 Å². The first-order valence-electron chi connectivity index (χ1n) is 5.54. The van der Waals surface area contributed by atoms with Crippen molar-refractivity contribution in [2.45, 2.75) is 24.1 Å². The molecule has 2 heterocycles. The standard InChI is InChI=1S/C13H16N2OS/c1-9-6-10(2)15-13(7-9)17-12(8-14)11-4-3-5-16-11/h3-7,12H,8,14H2,1-2H3. The largest absolute Gasteiger partial charge is 0.468 e. The lowest BCUT2D eigenvalue weighted by Gasteiger charge is -2.11. The highest BCUT2D eigenvalue weighted by Crippen LogP contribution is 2.33. The van der Waals surface area contributed by atoms with Gasteiger partial charge in [-0.25, -0.2) is 4.98 Å². The number of nitrogens with two attached hydrogens (primary N) is 1. The summed E-state index contributed by atoms with van der Waals surface area (Å²) in [6, 6.07) is 7.97. The van der Waals surface area contributed by atoms with Crippen LogP contribution in [-0.2, 0) is 0 Å². The van der Waals surface area contributed by atoms with Crippen LogP contribution in [-0.4, -0.2) is 11.5 Å². The van der Waals surface area contributed by atoms with Crippen LogP contribution < -0.4 is 5.73 Å². The Labute approximate surface area is 105 Å². The van der Waals surface area contributed by atoms with E-state index in [1.54, 1.807) is 18.0 Å². The molecule has 1 unspecified atom stereocenters. The monoisotopic (exact) mass is 248 g/mol. The van der Waals surface area contributed by atoms with Gasteiger partial charge in [0.2, 0.25) is 0 Å². The zero-order valence-electron chi connectivity index (χ0n) is 10.0. The minimum Gasteiger partial charge on any atom is -0.468 e. The second-order valence-corrected chi connectivity index (χ2v) is 5.20. The van der Waals surface area contributed by atoms with Crippen LogP contribution in [0.3, 0.4) is 0 Å². The van der Waals surface area contributed by atoms with E-state index in [2.05, 4.69) is 24.0 Å². The molecule has 2 aromatic heterocycles. The molecule has 0 aliphatic carbocycles. The third-order valence-corrected chi connectivity index (χ3v) is 3.57. The van der Waals surface area contributed by atoms with Gasteiger partial charge in [0.05, 0.1) is 16.5 Å². The summed E-state index contributed by atoms with van der Waals surface area (Å²) in [6.07, 6.45) is 1.67. The number of pyridine rings is 1. The summed E-state index contributed by atoms with van der Waals surface area (Å²) in [5, 5.41) is 1.12. The second-order valence-electron chi connectivity index (χ2n) is 3.98. The average Bonchev–Trinajstić information content (AvgIpc) is 2.77. The molecule has 2 rings (SSSR count). The Morgan fingerprint density at radius 2 is 2.24 bits per heavy atom. The van der Waals surface area contributed by atoms with Crippen LogP contribution in [0.4, 0.5) is 0 Å². The molecule has 0 fully saturated rings. The molecule has 0 spiro atoms. The summed E-state index contributed by atoms with van der Waals surface area (Å²) >= 11 is 1.64. The Kier molecular flexibility index (Phi) is 3.86. The maximum Gasteiger partial charge on any atom is 0.118 e. The molecule has 0 aliphatic heterocycles. The first-order chi connectivity index (χ1) is 8.19. The molecule has 0 radical (unpaired) electrons. The number of aryl methyl sites for hydroxylation is 2. The van der Waals surface area contributed by atoms with Crippen LogP contribution in [0.1, 0.15) is 22.3 Å². The Hall–Kier alpha value is -1.26. The molecule has 4 heteroatoms. The maximum absolute atomic E-state index is 5.78. The zero-order valence-corrected chi connectivity index (χ0v) is 10.8. The van der Waals surface area contributed by atoms with Gasteiger partial charge in [-0.05, 0) is 43.7 Å². The lowest BCUT2D eigenvalue weighted by Crippen LogP contribution is -2.08. The van der Waals surface area contributed by atoms with Crippen molar-refractivity contribution in [2.24, 2.45) is 5.73 Å². The van der Waals surface area contributed by atoms with Gasteiger partial charge in [-0.2, -0.15) is 0 Å². The van der Waals surface area contributed by atoms with Gasteiger partial charge in [0.25, 0.3) is 0 Å². The van der Waals surface area contributed by atoms with Crippen molar-refractivity contribution < 1.29 is 4.42 Å². The van der Waals surface area contributed by atoms with Gasteiger partial charge < -0.3 is 10.2 Å². The predicted molar refractivity (Wildman–Crippen MR) is 70.1 cm³/mol. The van der Waals surface area contributed by atoms with E-state index in [-0.39, 0.29) is 5.25 Å². The number of rotatable bonds is 4. The van der Waals surface area contributed by atoms with Crippen molar-refractivity contribution in [1.82, 2.24) is 4.98 Å². The molecule has 0 bridgehead atoms. The van der Waals surface area contributed by atoms with Crippen molar-refractivity contribution in [1.29, 1.82) is 0 Å². The lowest BCUT2D eigenvalue weighted by molar-refractivity contribution is 0.507. The fourth-order valence-electron chi connectivity index (χ4n) is 1.71. The first-order valence-corrected chi connectivity index (χ1v) is 6.42. The van der Waals surface area contributed by atoms with E-state index in [0.29, 0.717) is 6.54 Å². The highest BCUT2D eigenvalue weighted by atomic mass is 32.2. The average molecular weight is 248 g/mol. The number of hydrogen-bond acceptors (Lipinski definition) is 4. The normalized spacial score (nSPS) is 12.6. The quantitative estimate of drug-likeness (QED) is 0.845. The van der Waals surface area contributed by atoms with E-state index >= 15 is 0 Å². The van der Waals surface area contributed by atoms with Crippen molar-refractivity contribution in [3.63, 3.8) is 0 Å². The summed E-state index contributed by atoms with van der Waals surface area (Å²) < 4.78 is 5.39. The van der Waals surface area contributed by atoms with Gasteiger partial charge >= 0.3 is 0 Å². The molecule has 17 heavy (non-hydrogen) atoms. The van der Waals surface area contributed by atoms with E-state index in [9.17, 15) is 0 Å². The van der Waals surface area contributed by atoms with Crippen LogP contribution in [0, 0.1) is 13.8 Å². The van der Waals surface area contributed by atoms with Crippen molar-refractivity contribution >= 4 is 11.8 Å². The fraction of sp³-hybridized carbons (Fsp3) is 0.308. The third-order valence-electron chi connectivity index (χ3n) is 2.41. The van der Waals surface area contributed by atoms with Gasteiger partial charge in [-0.3, -0.25) is 0 Å². The molecular formula is C13H16N2OS. The minimum absolute atomic E-state index is 0.124. The Balaban J connectivity index is 2.18. The van der Waals surface area contributed by atoms with Crippen molar-refractivity contribution in [3.8, 4) is 0 Å². The second kappa shape index (κ2) is 5.38. The highest BCUT2D eigenvalue weighted by molar-refractivity contribution is 7.99. The molecule has 0 amide bonds. The van der Waals surface area contributed by atoms with Crippen LogP contribution in [0.2, 0.25) is 0 Å². The predicted octanol–water partition coefficient (Wildman–Crippen LogP) is 3.08. The van der Waals surface area contributed by atoms with Gasteiger partial charge in [0.15, 0.2) is 0 Å². The highest BCUT2D eigenvalue weighted by Gasteiger charge is 2.15. The third kappa shape index (κ3) is 3.11. The van der Waals surface area contributed by atoms with Gasteiger partial charge in [0, 0.05) is 12.2 Å². The Morgan fingerprint density at radius 3 is 2.82 bits per heavy atom. The van der Waals surface area contributed by atoms with E-state index in [0.717, 1.165) is 16.5 Å². The molecule has 0 aliphatic rings. The minimum atomic E-state index is 0.124. The summed E-state index contributed by atoms with van der Waals surface area (Å²) in [5.74, 6) is 0.901. The molecule has 0 saturated heterocycles. The molecule has 0 aromatic carbocycles. The van der Waals surface area contributed by atoms with E-state index < -0.39 is 0 Å². The smallest absolute Gasteiger partial charge is 0.118 e. The maximum atomic E-state index is 5.78. The molecule has 90 valence electrons. The Bertz CT molecular complexity index is 462. The number of aromatic nitrogens is 1. The van der Waals surface area contributed by atoms with E-state index in [4.69, 9.17) is 10.2 Å². The number of nitrogens with zero attached hydrogens (tertiary/aromatic N) is 1. The molecule has 2 N–H and O–H groups in total. The molecule has 2 aromatic rings. The van der Waals surface area contributed by atoms with Crippen LogP contribution in [0.25, 0.3) is 0 Å². The summed E-state index contributed by atoms with van der Waals surface area (Å²) in [7, 11) is 0. The topological polar surface area (TPSA) is 52.0 Å².